The highest BCUT2D eigenvalue weighted by Crippen LogP contribution is 2.23. The summed E-state index contributed by atoms with van der Waals surface area (Å²) in [7, 11) is 0. The van der Waals surface area contributed by atoms with Gasteiger partial charge in [0.15, 0.2) is 0 Å². The average molecular weight is 404 g/mol. The van der Waals surface area contributed by atoms with E-state index in [0.29, 0.717) is 44.1 Å². The first-order valence-corrected chi connectivity index (χ1v) is 9.45. The van der Waals surface area contributed by atoms with Gasteiger partial charge in [0.1, 0.15) is 5.02 Å². The molecule has 8 nitrogen and oxygen atoms in total. The van der Waals surface area contributed by atoms with Crippen LogP contribution in [0.3, 0.4) is 0 Å². The number of nitrogens with zero attached hydrogens (tertiary/aromatic N) is 4. The maximum atomic E-state index is 12.6. The third-order valence-corrected chi connectivity index (χ3v) is 4.94. The summed E-state index contributed by atoms with van der Waals surface area (Å²) >= 11 is 6.34. The van der Waals surface area contributed by atoms with Gasteiger partial charge in [0.25, 0.3) is 5.56 Å². The van der Waals surface area contributed by atoms with Gasteiger partial charge in [-0.05, 0) is 12.1 Å². The largest absolute Gasteiger partial charge is 0.365 e. The summed E-state index contributed by atoms with van der Waals surface area (Å²) in [6, 6.07) is 9.09. The van der Waals surface area contributed by atoms with Crippen LogP contribution in [0.5, 0.6) is 0 Å². The average Bonchev–Trinajstić information content (AvgIpc) is 2.70. The number of para-hydroxylation sites is 1. The van der Waals surface area contributed by atoms with Gasteiger partial charge in [-0.25, -0.2) is 0 Å². The van der Waals surface area contributed by atoms with Crippen molar-refractivity contribution < 1.29 is 9.59 Å². The molecule has 0 unspecified atom stereocenters. The molecule has 0 bridgehead atoms. The van der Waals surface area contributed by atoms with Crippen LogP contribution in [-0.2, 0) is 9.59 Å². The molecule has 0 radical (unpaired) electrons. The number of rotatable bonds is 5. The van der Waals surface area contributed by atoms with E-state index in [2.05, 4.69) is 10.4 Å². The summed E-state index contributed by atoms with van der Waals surface area (Å²) in [6.07, 6.45) is 1.86. The normalized spacial score (nSPS) is 14.1. The molecule has 1 aromatic carbocycles. The van der Waals surface area contributed by atoms with E-state index in [-0.39, 0.29) is 28.8 Å². The maximum Gasteiger partial charge on any atom is 0.292 e. The fraction of sp³-hybridized carbons (Fsp3) is 0.368. The second kappa shape index (κ2) is 8.88. The maximum absolute atomic E-state index is 12.6. The lowest BCUT2D eigenvalue weighted by atomic mass is 10.2. The van der Waals surface area contributed by atoms with Gasteiger partial charge in [-0.1, -0.05) is 29.8 Å². The van der Waals surface area contributed by atoms with Crippen LogP contribution in [0, 0.1) is 0 Å². The van der Waals surface area contributed by atoms with Crippen molar-refractivity contribution in [1.82, 2.24) is 20.0 Å². The predicted octanol–water partition coefficient (Wildman–Crippen LogP) is 1.06. The van der Waals surface area contributed by atoms with Gasteiger partial charge in [-0.3, -0.25) is 14.4 Å². The smallest absolute Gasteiger partial charge is 0.292 e. The Hall–Kier alpha value is -2.87. The van der Waals surface area contributed by atoms with Crippen LogP contribution in [-0.4, -0.2) is 59.2 Å². The van der Waals surface area contributed by atoms with Crippen LogP contribution in [0.2, 0.25) is 5.02 Å². The quantitative estimate of drug-likeness (QED) is 0.806. The zero-order valence-electron chi connectivity index (χ0n) is 15.6. The molecule has 148 valence electrons. The molecule has 9 heteroatoms. The Bertz CT molecular complexity index is 908. The van der Waals surface area contributed by atoms with Crippen LogP contribution in [0.15, 0.2) is 41.3 Å². The number of aromatic nitrogens is 2. The van der Waals surface area contributed by atoms with Crippen molar-refractivity contribution in [3.63, 3.8) is 0 Å². The molecule has 0 spiro atoms. The molecule has 1 fully saturated rings. The molecule has 0 aliphatic carbocycles. The lowest BCUT2D eigenvalue weighted by Crippen LogP contribution is -2.49. The number of hydrogen-bond donors (Lipinski definition) is 1. The third kappa shape index (κ3) is 4.51. The lowest BCUT2D eigenvalue weighted by molar-refractivity contribution is -0.131. The van der Waals surface area contributed by atoms with Gasteiger partial charge in [-0.15, -0.1) is 0 Å². The minimum absolute atomic E-state index is 0.00267. The van der Waals surface area contributed by atoms with Crippen molar-refractivity contribution in [1.29, 1.82) is 0 Å². The summed E-state index contributed by atoms with van der Waals surface area (Å²) in [6.45, 7) is 3.92. The number of halogens is 1. The molecule has 2 amide bonds. The highest BCUT2D eigenvalue weighted by Gasteiger charge is 2.24. The van der Waals surface area contributed by atoms with Gasteiger partial charge in [-0.2, -0.15) is 9.78 Å². The zero-order valence-corrected chi connectivity index (χ0v) is 16.4. The summed E-state index contributed by atoms with van der Waals surface area (Å²) < 4.78 is 1.27. The van der Waals surface area contributed by atoms with E-state index in [4.69, 9.17) is 11.6 Å². The molecule has 0 saturated carbocycles. The van der Waals surface area contributed by atoms with E-state index in [1.54, 1.807) is 23.2 Å². The fourth-order valence-electron chi connectivity index (χ4n) is 3.10. The number of carbonyl (C=O) groups excluding carboxylic acids is 2. The monoisotopic (exact) mass is 403 g/mol. The Kier molecular flexibility index (Phi) is 6.30. The Morgan fingerprint density at radius 1 is 1.14 bits per heavy atom. The van der Waals surface area contributed by atoms with Crippen molar-refractivity contribution in [3.05, 3.63) is 51.9 Å². The number of piperazine rings is 1. The highest BCUT2D eigenvalue weighted by atomic mass is 35.5. The number of anilines is 1. The zero-order chi connectivity index (χ0) is 20.1. The second-order valence-electron chi connectivity index (χ2n) is 6.50. The summed E-state index contributed by atoms with van der Waals surface area (Å²) in [5, 5.41) is 6.99. The second-order valence-corrected chi connectivity index (χ2v) is 6.88. The molecule has 2 aromatic rings. The summed E-state index contributed by atoms with van der Waals surface area (Å²) in [5.41, 5.74) is 0.846. The molecule has 1 aliphatic heterocycles. The van der Waals surface area contributed by atoms with Crippen molar-refractivity contribution in [2.45, 2.75) is 13.3 Å². The van der Waals surface area contributed by atoms with Crippen molar-refractivity contribution in [2.24, 2.45) is 0 Å². The van der Waals surface area contributed by atoms with Gasteiger partial charge < -0.3 is 15.1 Å². The molecule has 2 heterocycles. The van der Waals surface area contributed by atoms with Crippen molar-refractivity contribution in [2.75, 3.05) is 37.6 Å². The van der Waals surface area contributed by atoms with Crippen molar-refractivity contribution >= 4 is 29.1 Å². The van der Waals surface area contributed by atoms with E-state index in [9.17, 15) is 14.4 Å². The van der Waals surface area contributed by atoms with Gasteiger partial charge >= 0.3 is 0 Å². The van der Waals surface area contributed by atoms with E-state index < -0.39 is 0 Å². The summed E-state index contributed by atoms with van der Waals surface area (Å²) in [4.78, 5) is 39.4. The fourth-order valence-corrected chi connectivity index (χ4v) is 3.35. The first-order valence-electron chi connectivity index (χ1n) is 9.08. The number of hydrogen-bond acceptors (Lipinski definition) is 5. The molecule has 1 aromatic heterocycles. The number of benzene rings is 1. The lowest BCUT2D eigenvalue weighted by Gasteiger charge is -2.36. The van der Waals surface area contributed by atoms with Gasteiger partial charge in [0.05, 0.1) is 17.6 Å². The molecule has 1 saturated heterocycles. The highest BCUT2D eigenvalue weighted by molar-refractivity contribution is 6.33. The Labute approximate surface area is 167 Å². The van der Waals surface area contributed by atoms with E-state index in [1.807, 2.05) is 23.1 Å². The Morgan fingerprint density at radius 3 is 2.46 bits per heavy atom. The van der Waals surface area contributed by atoms with Crippen LogP contribution >= 0.6 is 11.6 Å². The van der Waals surface area contributed by atoms with E-state index in [1.165, 1.54) is 11.6 Å². The molecule has 28 heavy (non-hydrogen) atoms. The van der Waals surface area contributed by atoms with Crippen LogP contribution in [0.1, 0.15) is 13.3 Å². The van der Waals surface area contributed by atoms with Crippen LogP contribution < -0.4 is 15.8 Å². The van der Waals surface area contributed by atoms with E-state index >= 15 is 0 Å². The Balaban J connectivity index is 1.65. The van der Waals surface area contributed by atoms with Crippen LogP contribution in [0.4, 0.5) is 5.69 Å². The van der Waals surface area contributed by atoms with E-state index in [0.717, 1.165) is 0 Å². The SMILES string of the molecule is CC(=O)NCCC(=O)N1CCN(c2cnn(-c3ccccc3)c(=O)c2Cl)CC1. The van der Waals surface area contributed by atoms with Crippen molar-refractivity contribution in [3.8, 4) is 5.69 Å². The minimum Gasteiger partial charge on any atom is -0.365 e. The predicted molar refractivity (Wildman–Crippen MR) is 107 cm³/mol. The molecule has 3 rings (SSSR count). The molecule has 0 atom stereocenters. The number of amides is 2. The number of carbonyl (C=O) groups is 2. The molecular formula is C19H22ClN5O3. The standard InChI is InChI=1S/C19H22ClN5O3/c1-14(26)21-8-7-17(27)24-11-9-23(10-12-24)16-13-22-25(19(28)18(16)20)15-5-3-2-4-6-15/h2-6,13H,7-12H2,1H3,(H,21,26). The first-order chi connectivity index (χ1) is 13.5. The molecule has 1 N–H and O–H groups in total. The third-order valence-electron chi connectivity index (χ3n) is 4.59. The topological polar surface area (TPSA) is 87.5 Å². The van der Waals surface area contributed by atoms with Gasteiger partial charge in [0.2, 0.25) is 11.8 Å². The molecular weight excluding hydrogens is 382 g/mol. The Morgan fingerprint density at radius 2 is 1.82 bits per heavy atom. The van der Waals surface area contributed by atoms with Gasteiger partial charge in [0, 0.05) is 46.1 Å². The molecule has 1 aliphatic rings. The van der Waals surface area contributed by atoms with Crippen LogP contribution in [0.25, 0.3) is 5.69 Å². The summed E-state index contributed by atoms with van der Waals surface area (Å²) in [5.74, 6) is -0.151. The first kappa shape index (κ1) is 19.9. The minimum atomic E-state index is -0.376. The number of nitrogens with one attached hydrogen (secondary N) is 1.